The molecule has 0 radical (unpaired) electrons. The molecule has 0 bridgehead atoms. The van der Waals surface area contributed by atoms with E-state index in [9.17, 15) is 4.79 Å². The second kappa shape index (κ2) is 5.35. The highest BCUT2D eigenvalue weighted by Gasteiger charge is 2.15. The second-order valence-corrected chi connectivity index (χ2v) is 6.37. The third-order valence-electron chi connectivity index (χ3n) is 3.61. The van der Waals surface area contributed by atoms with Crippen LogP contribution in [0, 0.1) is 6.92 Å². The number of fused-ring (bicyclic) bond motifs is 1. The Labute approximate surface area is 135 Å². The number of nitrogens with zero attached hydrogens (tertiary/aromatic N) is 1. The second-order valence-electron chi connectivity index (χ2n) is 5.02. The highest BCUT2D eigenvalue weighted by Crippen LogP contribution is 2.34. The zero-order valence-electron chi connectivity index (χ0n) is 11.6. The van der Waals surface area contributed by atoms with Gasteiger partial charge >= 0.3 is 5.76 Å². The number of hydrogen-bond acceptors (Lipinski definition) is 2. The summed E-state index contributed by atoms with van der Waals surface area (Å²) in [5.41, 5.74) is 4.66. The summed E-state index contributed by atoms with van der Waals surface area (Å²) in [7, 11) is 1.70. The summed E-state index contributed by atoms with van der Waals surface area (Å²) in [4.78, 5) is 11.6. The van der Waals surface area contributed by atoms with Crippen LogP contribution in [0.3, 0.4) is 0 Å². The van der Waals surface area contributed by atoms with E-state index in [2.05, 4.69) is 15.9 Å². The lowest BCUT2D eigenvalue weighted by molar-refractivity contribution is 0.528. The van der Waals surface area contributed by atoms with Crippen molar-refractivity contribution in [3.05, 3.63) is 68.7 Å². The number of oxazole rings is 1. The summed E-state index contributed by atoms with van der Waals surface area (Å²) in [6.07, 6.45) is 0. The standard InChI is InChI=1S/C16H13BrClNO2/c1-9-7-11(18)4-5-12(9)15(17)10-3-6-13-14(8-10)21-16(20)19(13)2/h3-8,15H,1-2H3. The van der Waals surface area contributed by atoms with Gasteiger partial charge in [0.2, 0.25) is 0 Å². The number of hydrogen-bond donors (Lipinski definition) is 0. The SMILES string of the molecule is Cc1cc(Cl)ccc1C(Br)c1ccc2c(c1)oc(=O)n2C. The molecule has 1 heterocycles. The van der Waals surface area contributed by atoms with Crippen molar-refractivity contribution in [1.82, 2.24) is 4.57 Å². The number of aromatic nitrogens is 1. The summed E-state index contributed by atoms with van der Waals surface area (Å²) >= 11 is 9.71. The third-order valence-corrected chi connectivity index (χ3v) is 4.87. The van der Waals surface area contributed by atoms with Crippen LogP contribution in [0.4, 0.5) is 0 Å². The molecule has 3 aromatic rings. The molecule has 3 nitrogen and oxygen atoms in total. The predicted octanol–water partition coefficient (Wildman–Crippen LogP) is 4.58. The van der Waals surface area contributed by atoms with Gasteiger partial charge in [-0.2, -0.15) is 0 Å². The van der Waals surface area contributed by atoms with Gasteiger partial charge in [0, 0.05) is 12.1 Å². The van der Waals surface area contributed by atoms with Gasteiger partial charge in [0.1, 0.15) is 0 Å². The average Bonchev–Trinajstić information content (AvgIpc) is 2.73. The molecule has 0 N–H and O–H groups in total. The molecule has 1 aromatic heterocycles. The van der Waals surface area contributed by atoms with E-state index in [-0.39, 0.29) is 10.6 Å². The maximum Gasteiger partial charge on any atom is 0.419 e. The lowest BCUT2D eigenvalue weighted by Gasteiger charge is -2.14. The first-order chi connectivity index (χ1) is 9.97. The Morgan fingerprint density at radius 1 is 1.24 bits per heavy atom. The minimum Gasteiger partial charge on any atom is -0.408 e. The molecule has 2 aromatic carbocycles. The van der Waals surface area contributed by atoms with Crippen molar-refractivity contribution in [2.75, 3.05) is 0 Å². The minimum atomic E-state index is -0.351. The largest absolute Gasteiger partial charge is 0.419 e. The Balaban J connectivity index is 2.09. The number of rotatable bonds is 2. The number of halogens is 2. The fourth-order valence-electron chi connectivity index (χ4n) is 2.41. The topological polar surface area (TPSA) is 35.1 Å². The number of benzene rings is 2. The molecule has 5 heteroatoms. The highest BCUT2D eigenvalue weighted by atomic mass is 79.9. The van der Waals surface area contributed by atoms with Gasteiger partial charge in [-0.15, -0.1) is 0 Å². The summed E-state index contributed by atoms with van der Waals surface area (Å²) in [6, 6.07) is 11.6. The van der Waals surface area contributed by atoms with Gasteiger partial charge in [0.15, 0.2) is 5.58 Å². The maximum atomic E-state index is 11.6. The molecule has 108 valence electrons. The molecule has 0 spiro atoms. The first kappa shape index (κ1) is 14.4. The lowest BCUT2D eigenvalue weighted by atomic mass is 10.0. The summed E-state index contributed by atoms with van der Waals surface area (Å²) in [5, 5.41) is 0.723. The normalized spacial score (nSPS) is 12.8. The van der Waals surface area contributed by atoms with E-state index in [1.165, 1.54) is 4.57 Å². The molecule has 0 aliphatic rings. The van der Waals surface area contributed by atoms with Crippen molar-refractivity contribution in [1.29, 1.82) is 0 Å². The van der Waals surface area contributed by atoms with Gasteiger partial charge in [-0.3, -0.25) is 4.57 Å². The molecule has 21 heavy (non-hydrogen) atoms. The summed E-state index contributed by atoms with van der Waals surface area (Å²) in [6.45, 7) is 2.02. The van der Waals surface area contributed by atoms with Gasteiger partial charge in [0.05, 0.1) is 10.3 Å². The summed E-state index contributed by atoms with van der Waals surface area (Å²) < 4.78 is 6.74. The molecule has 0 amide bonds. The molecule has 0 aliphatic carbocycles. The van der Waals surface area contributed by atoms with Crippen molar-refractivity contribution in [2.45, 2.75) is 11.8 Å². The number of aryl methyl sites for hydroxylation is 2. The minimum absolute atomic E-state index is 0.0182. The Morgan fingerprint density at radius 3 is 2.71 bits per heavy atom. The van der Waals surface area contributed by atoms with Gasteiger partial charge in [-0.1, -0.05) is 39.7 Å². The van der Waals surface area contributed by atoms with E-state index in [0.29, 0.717) is 5.58 Å². The first-order valence-electron chi connectivity index (χ1n) is 6.47. The van der Waals surface area contributed by atoms with Crippen LogP contribution in [0.15, 0.2) is 45.6 Å². The fourth-order valence-corrected chi connectivity index (χ4v) is 3.44. The van der Waals surface area contributed by atoms with Gasteiger partial charge in [-0.05, 0) is 47.9 Å². The van der Waals surface area contributed by atoms with Crippen molar-refractivity contribution in [3.8, 4) is 0 Å². The molecule has 1 unspecified atom stereocenters. The van der Waals surface area contributed by atoms with Gasteiger partial charge in [0.25, 0.3) is 0 Å². The monoisotopic (exact) mass is 365 g/mol. The fraction of sp³-hybridized carbons (Fsp3) is 0.188. The van der Waals surface area contributed by atoms with Crippen molar-refractivity contribution >= 4 is 38.6 Å². The van der Waals surface area contributed by atoms with Crippen LogP contribution in [0.1, 0.15) is 21.5 Å². The van der Waals surface area contributed by atoms with Crippen LogP contribution in [0.5, 0.6) is 0 Å². The smallest absolute Gasteiger partial charge is 0.408 e. The van der Waals surface area contributed by atoms with Gasteiger partial charge in [-0.25, -0.2) is 4.79 Å². The zero-order chi connectivity index (χ0) is 15.1. The van der Waals surface area contributed by atoms with E-state index in [1.54, 1.807) is 7.05 Å². The molecule has 0 aliphatic heterocycles. The Hall–Kier alpha value is -1.52. The predicted molar refractivity (Wildman–Crippen MR) is 88.4 cm³/mol. The summed E-state index contributed by atoms with van der Waals surface area (Å²) in [5.74, 6) is -0.351. The van der Waals surface area contributed by atoms with Crippen LogP contribution < -0.4 is 5.76 Å². The first-order valence-corrected chi connectivity index (χ1v) is 7.76. The highest BCUT2D eigenvalue weighted by molar-refractivity contribution is 9.09. The molecule has 0 fully saturated rings. The zero-order valence-corrected chi connectivity index (χ0v) is 13.9. The van der Waals surface area contributed by atoms with Crippen LogP contribution in [-0.4, -0.2) is 4.57 Å². The molecular weight excluding hydrogens is 354 g/mol. The van der Waals surface area contributed by atoms with Crippen molar-refractivity contribution in [3.63, 3.8) is 0 Å². The Kier molecular flexibility index (Phi) is 3.68. The van der Waals surface area contributed by atoms with Gasteiger partial charge < -0.3 is 4.42 Å². The quantitative estimate of drug-likeness (QED) is 0.622. The van der Waals surface area contributed by atoms with Crippen LogP contribution in [-0.2, 0) is 7.05 Å². The number of alkyl halides is 1. The van der Waals surface area contributed by atoms with E-state index in [0.717, 1.165) is 27.2 Å². The molecular formula is C16H13BrClNO2. The molecule has 0 saturated heterocycles. The Morgan fingerprint density at radius 2 is 2.00 bits per heavy atom. The van der Waals surface area contributed by atoms with Crippen molar-refractivity contribution in [2.24, 2.45) is 7.05 Å². The van der Waals surface area contributed by atoms with E-state index in [1.807, 2.05) is 43.3 Å². The third kappa shape index (κ3) is 2.54. The molecule has 3 rings (SSSR count). The van der Waals surface area contributed by atoms with Crippen molar-refractivity contribution < 1.29 is 4.42 Å². The van der Waals surface area contributed by atoms with Crippen LogP contribution in [0.2, 0.25) is 5.02 Å². The Bertz CT molecular complexity index is 882. The van der Waals surface area contributed by atoms with E-state index < -0.39 is 0 Å². The van der Waals surface area contributed by atoms with Crippen LogP contribution in [0.25, 0.3) is 11.1 Å². The molecule has 1 atom stereocenters. The van der Waals surface area contributed by atoms with Crippen LogP contribution >= 0.6 is 27.5 Å². The molecule has 0 saturated carbocycles. The average molecular weight is 367 g/mol. The maximum absolute atomic E-state index is 11.6. The lowest BCUT2D eigenvalue weighted by Crippen LogP contribution is -2.08. The van der Waals surface area contributed by atoms with E-state index >= 15 is 0 Å². The van der Waals surface area contributed by atoms with E-state index in [4.69, 9.17) is 16.0 Å².